The van der Waals surface area contributed by atoms with Crippen molar-refractivity contribution in [2.75, 3.05) is 6.54 Å². The summed E-state index contributed by atoms with van der Waals surface area (Å²) in [6, 6.07) is 3.72. The third-order valence-electron chi connectivity index (χ3n) is 4.37. The van der Waals surface area contributed by atoms with Crippen molar-refractivity contribution in [3.63, 3.8) is 0 Å². The molecule has 0 spiro atoms. The minimum Gasteiger partial charge on any atom is -0.477 e. The molecule has 2 heterocycles. The summed E-state index contributed by atoms with van der Waals surface area (Å²) in [5, 5.41) is 8.96. The molecular weight excluding hydrogens is 334 g/mol. The molecule has 1 aromatic heterocycles. The van der Waals surface area contributed by atoms with Gasteiger partial charge in [0.15, 0.2) is 0 Å². The minimum absolute atomic E-state index is 0.196. The Labute approximate surface area is 153 Å². The molecule has 1 aliphatic rings. The van der Waals surface area contributed by atoms with Gasteiger partial charge >= 0.3 is 5.97 Å². The third kappa shape index (κ3) is 6.16. The van der Waals surface area contributed by atoms with Gasteiger partial charge in [0.2, 0.25) is 5.91 Å². The summed E-state index contributed by atoms with van der Waals surface area (Å²) in [6.07, 6.45) is 15.2. The molecule has 25 heavy (non-hydrogen) atoms. The largest absolute Gasteiger partial charge is 0.477 e. The molecule has 4 nitrogen and oxygen atoms in total. The molecule has 1 aromatic rings. The number of amides is 1. The van der Waals surface area contributed by atoms with E-state index >= 15 is 0 Å². The van der Waals surface area contributed by atoms with Crippen LogP contribution in [0.2, 0.25) is 0 Å². The Morgan fingerprint density at radius 2 is 2.20 bits per heavy atom. The summed E-state index contributed by atoms with van der Waals surface area (Å²) in [5.74, 6) is -0.648. The van der Waals surface area contributed by atoms with Crippen LogP contribution in [0.1, 0.15) is 60.0 Å². The Kier molecular flexibility index (Phi) is 7.92. The van der Waals surface area contributed by atoms with E-state index in [1.165, 1.54) is 24.2 Å². The molecule has 1 atom stereocenters. The van der Waals surface area contributed by atoms with Crippen molar-refractivity contribution in [2.24, 2.45) is 0 Å². The van der Waals surface area contributed by atoms with Crippen LogP contribution >= 0.6 is 11.3 Å². The molecule has 2 rings (SSSR count). The Balaban J connectivity index is 1.79. The molecular formula is C20H27NO3S. The summed E-state index contributed by atoms with van der Waals surface area (Å²) in [7, 11) is 0. The van der Waals surface area contributed by atoms with Crippen LogP contribution in [0, 0.1) is 0 Å². The monoisotopic (exact) mass is 361 g/mol. The van der Waals surface area contributed by atoms with Gasteiger partial charge in [0, 0.05) is 17.8 Å². The second kappa shape index (κ2) is 10.2. The van der Waals surface area contributed by atoms with Crippen LogP contribution in [0.5, 0.6) is 0 Å². The summed E-state index contributed by atoms with van der Waals surface area (Å²) in [5.41, 5.74) is 0. The van der Waals surface area contributed by atoms with E-state index in [0.717, 1.165) is 37.1 Å². The molecule has 1 amide bonds. The topological polar surface area (TPSA) is 57.6 Å². The van der Waals surface area contributed by atoms with Gasteiger partial charge in [-0.2, -0.15) is 0 Å². The number of carbonyl (C=O) groups excluding carboxylic acids is 1. The third-order valence-corrected chi connectivity index (χ3v) is 5.51. The fourth-order valence-electron chi connectivity index (χ4n) is 2.99. The van der Waals surface area contributed by atoms with Crippen molar-refractivity contribution in [3.05, 3.63) is 46.2 Å². The number of aromatic carboxylic acids is 1. The van der Waals surface area contributed by atoms with E-state index in [2.05, 4.69) is 31.2 Å². The van der Waals surface area contributed by atoms with Crippen molar-refractivity contribution in [3.8, 4) is 0 Å². The molecule has 0 radical (unpaired) electrons. The number of thiophene rings is 1. The van der Waals surface area contributed by atoms with E-state index in [4.69, 9.17) is 5.11 Å². The molecule has 5 heteroatoms. The molecule has 1 saturated heterocycles. The number of likely N-dealkylation sites (tertiary alicyclic amines) is 1. The predicted molar refractivity (Wildman–Crippen MR) is 102 cm³/mol. The number of aryl methyl sites for hydroxylation is 1. The van der Waals surface area contributed by atoms with Crippen LogP contribution in [-0.4, -0.2) is 34.5 Å². The van der Waals surface area contributed by atoms with Crippen molar-refractivity contribution in [1.82, 2.24) is 4.90 Å². The first kappa shape index (κ1) is 19.4. The van der Waals surface area contributed by atoms with Gasteiger partial charge in [-0.05, 0) is 37.8 Å². The van der Waals surface area contributed by atoms with Gasteiger partial charge in [-0.25, -0.2) is 4.79 Å². The molecule has 136 valence electrons. The van der Waals surface area contributed by atoms with E-state index < -0.39 is 5.97 Å². The molecule has 0 unspecified atom stereocenters. The average Bonchev–Trinajstić information content (AvgIpc) is 3.19. The lowest BCUT2D eigenvalue weighted by molar-refractivity contribution is -0.128. The van der Waals surface area contributed by atoms with Gasteiger partial charge < -0.3 is 10.0 Å². The summed E-state index contributed by atoms with van der Waals surface area (Å²) >= 11 is 1.32. The van der Waals surface area contributed by atoms with Gasteiger partial charge in [-0.3, -0.25) is 4.79 Å². The Bertz CT molecular complexity index is 633. The first-order valence-electron chi connectivity index (χ1n) is 9.06. The smallest absolute Gasteiger partial charge is 0.345 e. The number of rotatable bonds is 10. The highest BCUT2D eigenvalue weighted by Crippen LogP contribution is 2.22. The minimum atomic E-state index is -0.872. The summed E-state index contributed by atoms with van der Waals surface area (Å²) < 4.78 is 0. The second-order valence-corrected chi connectivity index (χ2v) is 7.49. The highest BCUT2D eigenvalue weighted by molar-refractivity contribution is 7.13. The maximum Gasteiger partial charge on any atom is 0.345 e. The lowest BCUT2D eigenvalue weighted by atomic mass is 10.2. The number of nitrogens with zero attached hydrogens (tertiary/aromatic N) is 1. The van der Waals surface area contributed by atoms with Gasteiger partial charge in [0.05, 0.1) is 6.04 Å². The van der Waals surface area contributed by atoms with Gasteiger partial charge in [-0.1, -0.05) is 44.1 Å². The SMILES string of the molecule is CCCC/C=C/C=C\[C@H]1CCC(=O)N1CCCc1ccc(C(=O)O)s1. The zero-order valence-electron chi connectivity index (χ0n) is 14.8. The van der Waals surface area contributed by atoms with Crippen molar-refractivity contribution < 1.29 is 14.7 Å². The Morgan fingerprint density at radius 3 is 2.92 bits per heavy atom. The van der Waals surface area contributed by atoms with E-state index in [0.29, 0.717) is 11.3 Å². The van der Waals surface area contributed by atoms with E-state index in [1.807, 2.05) is 11.0 Å². The highest BCUT2D eigenvalue weighted by Gasteiger charge is 2.28. The molecule has 0 bridgehead atoms. The van der Waals surface area contributed by atoms with E-state index in [-0.39, 0.29) is 11.9 Å². The highest BCUT2D eigenvalue weighted by atomic mass is 32.1. The maximum atomic E-state index is 12.1. The van der Waals surface area contributed by atoms with Crippen LogP contribution in [0.3, 0.4) is 0 Å². The number of carboxylic acid groups (broad SMARTS) is 1. The molecule has 0 saturated carbocycles. The molecule has 0 aliphatic carbocycles. The van der Waals surface area contributed by atoms with E-state index in [1.54, 1.807) is 6.07 Å². The van der Waals surface area contributed by atoms with Gasteiger partial charge in [0.1, 0.15) is 4.88 Å². The quantitative estimate of drug-likeness (QED) is 0.486. The van der Waals surface area contributed by atoms with Crippen molar-refractivity contribution in [2.45, 2.75) is 57.9 Å². The standard InChI is InChI=1S/C20H27NO3S/c1-2-3-4-5-6-7-9-16-11-14-19(22)21(16)15-8-10-17-12-13-18(25-17)20(23)24/h5-7,9,12-13,16H,2-4,8,10-11,14-15H2,1H3,(H,23,24)/b6-5+,9-7-/t16-/m0/s1. The predicted octanol–water partition coefficient (Wildman–Crippen LogP) is 4.67. The molecule has 1 aliphatic heterocycles. The molecule has 1 fully saturated rings. The lowest BCUT2D eigenvalue weighted by Crippen LogP contribution is -2.32. The summed E-state index contributed by atoms with van der Waals surface area (Å²) in [4.78, 5) is 26.4. The van der Waals surface area contributed by atoms with E-state index in [9.17, 15) is 9.59 Å². The first-order valence-corrected chi connectivity index (χ1v) is 9.88. The fraction of sp³-hybridized carbons (Fsp3) is 0.500. The maximum absolute atomic E-state index is 12.1. The normalized spacial score (nSPS) is 18.0. The Morgan fingerprint density at radius 1 is 1.36 bits per heavy atom. The zero-order chi connectivity index (χ0) is 18.1. The van der Waals surface area contributed by atoms with Crippen molar-refractivity contribution >= 4 is 23.2 Å². The number of carboxylic acids is 1. The van der Waals surface area contributed by atoms with Crippen molar-refractivity contribution in [1.29, 1.82) is 0 Å². The van der Waals surface area contributed by atoms with Gasteiger partial charge in [0.25, 0.3) is 0 Å². The number of allylic oxidation sites excluding steroid dienone is 3. The zero-order valence-corrected chi connectivity index (χ0v) is 15.6. The molecule has 0 aromatic carbocycles. The summed E-state index contributed by atoms with van der Waals surface area (Å²) in [6.45, 7) is 2.91. The Hall–Kier alpha value is -1.88. The van der Waals surface area contributed by atoms with Crippen LogP contribution in [0.25, 0.3) is 0 Å². The molecule has 1 N–H and O–H groups in total. The van der Waals surface area contributed by atoms with Crippen LogP contribution in [0.4, 0.5) is 0 Å². The van der Waals surface area contributed by atoms with Gasteiger partial charge in [-0.15, -0.1) is 11.3 Å². The number of carbonyl (C=O) groups is 2. The first-order chi connectivity index (χ1) is 12.1. The van der Waals surface area contributed by atoms with Crippen LogP contribution in [0.15, 0.2) is 36.4 Å². The fourth-order valence-corrected chi connectivity index (χ4v) is 3.87. The average molecular weight is 362 g/mol. The van der Waals surface area contributed by atoms with Crippen LogP contribution < -0.4 is 0 Å². The van der Waals surface area contributed by atoms with Crippen LogP contribution in [-0.2, 0) is 11.2 Å². The second-order valence-electron chi connectivity index (χ2n) is 6.32. The number of hydrogen-bond acceptors (Lipinski definition) is 3. The number of hydrogen-bond donors (Lipinski definition) is 1. The number of unbranched alkanes of at least 4 members (excludes halogenated alkanes) is 2. The lowest BCUT2D eigenvalue weighted by Gasteiger charge is -2.22.